The maximum absolute atomic E-state index is 12.3. The lowest BCUT2D eigenvalue weighted by Gasteiger charge is -2.29. The van der Waals surface area contributed by atoms with E-state index in [9.17, 15) is 4.79 Å². The summed E-state index contributed by atoms with van der Waals surface area (Å²) in [6.45, 7) is 3.92. The highest BCUT2D eigenvalue weighted by Crippen LogP contribution is 2.35. The van der Waals surface area contributed by atoms with Gasteiger partial charge in [0.15, 0.2) is 5.13 Å². The van der Waals surface area contributed by atoms with Crippen LogP contribution in [0.1, 0.15) is 42.3 Å². The summed E-state index contributed by atoms with van der Waals surface area (Å²) in [5, 5.41) is 3.89. The van der Waals surface area contributed by atoms with Gasteiger partial charge in [-0.05, 0) is 25.2 Å². The number of thiazole rings is 1. The van der Waals surface area contributed by atoms with Crippen LogP contribution in [0.15, 0.2) is 0 Å². The third-order valence-corrected chi connectivity index (χ3v) is 5.55. The highest BCUT2D eigenvalue weighted by molar-refractivity contribution is 7.18. The van der Waals surface area contributed by atoms with E-state index in [-0.39, 0.29) is 11.9 Å². The van der Waals surface area contributed by atoms with Crippen LogP contribution in [0.25, 0.3) is 0 Å². The predicted octanol–water partition coefficient (Wildman–Crippen LogP) is 1.18. The molecule has 7 heteroatoms. The smallest absolute Gasteiger partial charge is 0.265 e. The second-order valence-electron chi connectivity index (χ2n) is 6.02. The molecule has 1 aliphatic heterocycles. The quantitative estimate of drug-likeness (QED) is 0.776. The summed E-state index contributed by atoms with van der Waals surface area (Å²) in [5.41, 5.74) is 11.8. The highest BCUT2D eigenvalue weighted by atomic mass is 32.1. The molecule has 1 saturated heterocycles. The van der Waals surface area contributed by atoms with Crippen LogP contribution >= 0.6 is 11.3 Å². The van der Waals surface area contributed by atoms with E-state index in [1.807, 2.05) is 0 Å². The van der Waals surface area contributed by atoms with Crippen LogP contribution in [-0.4, -0.2) is 36.1 Å². The van der Waals surface area contributed by atoms with Gasteiger partial charge in [0, 0.05) is 25.2 Å². The summed E-state index contributed by atoms with van der Waals surface area (Å²) in [7, 11) is 0. The second kappa shape index (κ2) is 5.81. The maximum Gasteiger partial charge on any atom is 0.265 e. The van der Waals surface area contributed by atoms with Gasteiger partial charge in [0.1, 0.15) is 10.7 Å². The molecular formula is C14H23N5OS. The molecule has 21 heavy (non-hydrogen) atoms. The number of nitrogens with two attached hydrogens (primary N) is 2. The average Bonchev–Trinajstić information content (AvgIpc) is 3.10. The molecule has 1 aromatic heterocycles. The van der Waals surface area contributed by atoms with Crippen molar-refractivity contribution in [1.29, 1.82) is 0 Å². The number of carbonyl (C=O) groups excluding carboxylic acids is 1. The molecule has 0 bridgehead atoms. The van der Waals surface area contributed by atoms with Crippen LogP contribution in [0, 0.1) is 5.92 Å². The fourth-order valence-corrected chi connectivity index (χ4v) is 3.76. The first-order valence-electron chi connectivity index (χ1n) is 7.66. The zero-order valence-electron chi connectivity index (χ0n) is 12.3. The molecule has 2 aliphatic rings. The third kappa shape index (κ3) is 3.13. The number of piperidine rings is 1. The van der Waals surface area contributed by atoms with E-state index >= 15 is 0 Å². The number of anilines is 2. The SMILES string of the molecule is CCC1CC1NC(=O)c1sc(N2CCC(N)CC2)nc1N. The first-order valence-corrected chi connectivity index (χ1v) is 8.47. The van der Waals surface area contributed by atoms with Crippen LogP contribution < -0.4 is 21.7 Å². The molecule has 2 fully saturated rings. The minimum absolute atomic E-state index is 0.0779. The standard InChI is InChI=1S/C14H23N5OS/c1-2-8-7-10(8)17-13(20)11-12(16)18-14(21-11)19-5-3-9(15)4-6-19/h8-10H,2-7,15-16H2,1H3,(H,17,20). The van der Waals surface area contributed by atoms with Crippen molar-refractivity contribution in [1.82, 2.24) is 10.3 Å². The van der Waals surface area contributed by atoms with Crippen LogP contribution in [0.4, 0.5) is 10.9 Å². The Labute approximate surface area is 128 Å². The second-order valence-corrected chi connectivity index (χ2v) is 7.00. The molecule has 1 amide bonds. The van der Waals surface area contributed by atoms with E-state index in [0.29, 0.717) is 22.7 Å². The molecule has 2 unspecified atom stereocenters. The van der Waals surface area contributed by atoms with Crippen LogP contribution in [0.3, 0.4) is 0 Å². The fraction of sp³-hybridized carbons (Fsp3) is 0.714. The lowest BCUT2D eigenvalue weighted by Crippen LogP contribution is -2.39. The Hall–Kier alpha value is -1.34. The van der Waals surface area contributed by atoms with Crippen molar-refractivity contribution in [2.24, 2.45) is 11.7 Å². The van der Waals surface area contributed by atoms with Gasteiger partial charge in [0.25, 0.3) is 5.91 Å². The molecule has 1 aromatic rings. The monoisotopic (exact) mass is 309 g/mol. The van der Waals surface area contributed by atoms with Gasteiger partial charge in [0.2, 0.25) is 0 Å². The number of aromatic nitrogens is 1. The number of rotatable bonds is 4. The molecular weight excluding hydrogens is 286 g/mol. The number of hydrogen-bond acceptors (Lipinski definition) is 6. The maximum atomic E-state index is 12.3. The Morgan fingerprint density at radius 2 is 2.19 bits per heavy atom. The van der Waals surface area contributed by atoms with Gasteiger partial charge < -0.3 is 21.7 Å². The topological polar surface area (TPSA) is 97.3 Å². The molecule has 5 N–H and O–H groups in total. The van der Waals surface area contributed by atoms with Crippen molar-refractivity contribution in [2.75, 3.05) is 23.7 Å². The van der Waals surface area contributed by atoms with E-state index in [4.69, 9.17) is 11.5 Å². The van der Waals surface area contributed by atoms with Gasteiger partial charge in [-0.3, -0.25) is 4.79 Å². The number of nitrogen functional groups attached to an aromatic ring is 1. The zero-order chi connectivity index (χ0) is 15.0. The molecule has 0 aromatic carbocycles. The molecule has 116 valence electrons. The molecule has 2 atom stereocenters. The lowest BCUT2D eigenvalue weighted by atomic mass is 10.1. The van der Waals surface area contributed by atoms with Gasteiger partial charge in [-0.25, -0.2) is 4.98 Å². The predicted molar refractivity (Wildman–Crippen MR) is 85.6 cm³/mol. The van der Waals surface area contributed by atoms with Crippen molar-refractivity contribution >= 4 is 28.2 Å². The first kappa shape index (κ1) is 14.6. The molecule has 0 radical (unpaired) electrons. The normalized spacial score (nSPS) is 25.9. The Balaban J connectivity index is 1.65. The van der Waals surface area contributed by atoms with Crippen molar-refractivity contribution < 1.29 is 4.79 Å². The molecule has 6 nitrogen and oxygen atoms in total. The summed E-state index contributed by atoms with van der Waals surface area (Å²) in [6, 6.07) is 0.600. The van der Waals surface area contributed by atoms with E-state index < -0.39 is 0 Å². The van der Waals surface area contributed by atoms with Crippen molar-refractivity contribution in [3.05, 3.63) is 4.88 Å². The van der Waals surface area contributed by atoms with Crippen molar-refractivity contribution in [2.45, 2.75) is 44.7 Å². The Morgan fingerprint density at radius 1 is 1.48 bits per heavy atom. The van der Waals surface area contributed by atoms with Gasteiger partial charge in [-0.1, -0.05) is 24.7 Å². The number of amides is 1. The molecule has 0 spiro atoms. The molecule has 2 heterocycles. The van der Waals surface area contributed by atoms with Gasteiger partial charge in [0.05, 0.1) is 0 Å². The van der Waals surface area contributed by atoms with Crippen LogP contribution in [0.2, 0.25) is 0 Å². The zero-order valence-corrected chi connectivity index (χ0v) is 13.2. The molecule has 3 rings (SSSR count). The number of hydrogen-bond donors (Lipinski definition) is 3. The largest absolute Gasteiger partial charge is 0.382 e. The fourth-order valence-electron chi connectivity index (χ4n) is 2.82. The third-order valence-electron chi connectivity index (χ3n) is 4.42. The van der Waals surface area contributed by atoms with Crippen molar-refractivity contribution in [3.8, 4) is 0 Å². The van der Waals surface area contributed by atoms with E-state index in [0.717, 1.165) is 43.9 Å². The van der Waals surface area contributed by atoms with E-state index in [1.54, 1.807) is 0 Å². The average molecular weight is 309 g/mol. The summed E-state index contributed by atoms with van der Waals surface area (Å²) in [4.78, 5) is 19.4. The minimum atomic E-state index is -0.0779. The van der Waals surface area contributed by atoms with Crippen LogP contribution in [0.5, 0.6) is 0 Å². The lowest BCUT2D eigenvalue weighted by molar-refractivity contribution is 0.0953. The van der Waals surface area contributed by atoms with Crippen LogP contribution in [-0.2, 0) is 0 Å². The number of nitrogens with zero attached hydrogens (tertiary/aromatic N) is 2. The summed E-state index contributed by atoms with van der Waals surface area (Å²) in [5.74, 6) is 0.896. The first-order chi connectivity index (χ1) is 10.1. The Bertz CT molecular complexity index is 523. The summed E-state index contributed by atoms with van der Waals surface area (Å²) >= 11 is 1.39. The highest BCUT2D eigenvalue weighted by Gasteiger charge is 2.37. The minimum Gasteiger partial charge on any atom is -0.382 e. The number of nitrogens with one attached hydrogen (secondary N) is 1. The van der Waals surface area contributed by atoms with Crippen molar-refractivity contribution in [3.63, 3.8) is 0 Å². The summed E-state index contributed by atoms with van der Waals surface area (Å²) in [6.07, 6.45) is 4.11. The summed E-state index contributed by atoms with van der Waals surface area (Å²) < 4.78 is 0. The van der Waals surface area contributed by atoms with Gasteiger partial charge >= 0.3 is 0 Å². The Kier molecular flexibility index (Phi) is 4.03. The van der Waals surface area contributed by atoms with Gasteiger partial charge in [-0.15, -0.1) is 0 Å². The molecule has 1 aliphatic carbocycles. The van der Waals surface area contributed by atoms with E-state index in [2.05, 4.69) is 22.1 Å². The molecule has 1 saturated carbocycles. The number of carbonyl (C=O) groups is 1. The van der Waals surface area contributed by atoms with Gasteiger partial charge in [-0.2, -0.15) is 0 Å². The van der Waals surface area contributed by atoms with E-state index in [1.165, 1.54) is 11.3 Å². The Morgan fingerprint density at radius 3 is 2.81 bits per heavy atom.